The van der Waals surface area contributed by atoms with Crippen molar-refractivity contribution in [3.8, 4) is 0 Å². The number of rotatable bonds is 4. The predicted octanol–water partition coefficient (Wildman–Crippen LogP) is 2.23. The molecule has 1 saturated heterocycles. The van der Waals surface area contributed by atoms with E-state index in [0.717, 1.165) is 0 Å². The van der Waals surface area contributed by atoms with Crippen molar-refractivity contribution >= 4 is 51.0 Å². The largest absolute Gasteiger partial charge is 0.480 e. The van der Waals surface area contributed by atoms with Crippen molar-refractivity contribution in [1.29, 1.82) is 0 Å². The number of halogens is 2. The molecule has 1 unspecified atom stereocenters. The van der Waals surface area contributed by atoms with Gasteiger partial charge in [0, 0.05) is 5.75 Å². The van der Waals surface area contributed by atoms with E-state index in [9.17, 15) is 18.3 Å². The zero-order valence-electron chi connectivity index (χ0n) is 10.1. The number of nitrogens with one attached hydrogen (secondary N) is 1. The monoisotopic (exact) mass is 355 g/mol. The Bertz CT molecular complexity index is 622. The normalized spacial score (nSPS) is 22.9. The number of sulfonamides is 1. The van der Waals surface area contributed by atoms with Gasteiger partial charge in [0.1, 0.15) is 10.4 Å². The first kappa shape index (κ1) is 15.9. The molecule has 1 aromatic rings. The molecule has 5 nitrogen and oxygen atoms in total. The first-order valence-corrected chi connectivity index (χ1v) is 8.97. The van der Waals surface area contributed by atoms with Crippen LogP contribution in [0.4, 0.5) is 0 Å². The van der Waals surface area contributed by atoms with Crippen LogP contribution in [0.3, 0.4) is 0 Å². The number of aliphatic carboxylic acids is 1. The van der Waals surface area contributed by atoms with Gasteiger partial charge in [-0.05, 0) is 24.3 Å². The van der Waals surface area contributed by atoms with Gasteiger partial charge in [-0.3, -0.25) is 4.79 Å². The minimum atomic E-state index is -4.12. The lowest BCUT2D eigenvalue weighted by atomic mass is 10.0. The van der Waals surface area contributed by atoms with E-state index in [-0.39, 0.29) is 27.1 Å². The maximum absolute atomic E-state index is 12.4. The first-order chi connectivity index (χ1) is 9.28. The van der Waals surface area contributed by atoms with Crippen molar-refractivity contribution in [2.45, 2.75) is 16.9 Å². The fourth-order valence-corrected chi connectivity index (χ4v) is 5.86. The summed E-state index contributed by atoms with van der Waals surface area (Å²) in [6, 6.07) is 4.29. The highest BCUT2D eigenvalue weighted by molar-refractivity contribution is 7.99. The van der Waals surface area contributed by atoms with Crippen LogP contribution in [0.25, 0.3) is 0 Å². The number of carbonyl (C=O) groups is 1. The summed E-state index contributed by atoms with van der Waals surface area (Å²) < 4.78 is 27.0. The Morgan fingerprint density at radius 1 is 1.35 bits per heavy atom. The minimum Gasteiger partial charge on any atom is -0.480 e. The third-order valence-corrected chi connectivity index (χ3v) is 6.63. The lowest BCUT2D eigenvalue weighted by molar-refractivity contribution is -0.142. The summed E-state index contributed by atoms with van der Waals surface area (Å²) in [5.41, 5.74) is -1.51. The molecular formula is C11H11Cl2NO4S2. The van der Waals surface area contributed by atoms with E-state index < -0.39 is 21.5 Å². The molecule has 1 aliphatic heterocycles. The molecule has 0 radical (unpaired) electrons. The lowest BCUT2D eigenvalue weighted by Gasteiger charge is -2.24. The highest BCUT2D eigenvalue weighted by Gasteiger charge is 2.46. The van der Waals surface area contributed by atoms with Gasteiger partial charge in [0.15, 0.2) is 0 Å². The second kappa shape index (κ2) is 5.73. The van der Waals surface area contributed by atoms with Crippen molar-refractivity contribution in [3.63, 3.8) is 0 Å². The Morgan fingerprint density at radius 2 is 1.95 bits per heavy atom. The van der Waals surface area contributed by atoms with E-state index in [2.05, 4.69) is 4.72 Å². The van der Waals surface area contributed by atoms with Crippen molar-refractivity contribution in [2.75, 3.05) is 11.5 Å². The maximum Gasteiger partial charge on any atom is 0.325 e. The van der Waals surface area contributed by atoms with E-state index in [1.165, 1.54) is 30.0 Å². The molecule has 1 atom stereocenters. The van der Waals surface area contributed by atoms with Gasteiger partial charge in [-0.1, -0.05) is 29.3 Å². The quantitative estimate of drug-likeness (QED) is 0.865. The second-order valence-electron chi connectivity index (χ2n) is 4.35. The van der Waals surface area contributed by atoms with Crippen LogP contribution in [-0.2, 0) is 14.8 Å². The molecule has 9 heteroatoms. The van der Waals surface area contributed by atoms with Gasteiger partial charge in [0.05, 0.1) is 10.0 Å². The number of hydrogen-bond acceptors (Lipinski definition) is 4. The first-order valence-electron chi connectivity index (χ1n) is 5.58. The van der Waals surface area contributed by atoms with Crippen LogP contribution >= 0.6 is 35.0 Å². The number of carboxylic acids is 1. The van der Waals surface area contributed by atoms with E-state index in [1.807, 2.05) is 0 Å². The van der Waals surface area contributed by atoms with Crippen LogP contribution in [0.1, 0.15) is 6.42 Å². The third kappa shape index (κ3) is 2.92. The Balaban J connectivity index is 2.44. The molecule has 20 heavy (non-hydrogen) atoms. The van der Waals surface area contributed by atoms with Crippen LogP contribution in [-0.4, -0.2) is 36.5 Å². The second-order valence-corrected chi connectivity index (χ2v) is 7.88. The minimum absolute atomic E-state index is 0.0452. The predicted molar refractivity (Wildman–Crippen MR) is 79.1 cm³/mol. The van der Waals surface area contributed by atoms with Gasteiger partial charge in [-0.2, -0.15) is 16.5 Å². The Labute approximate surface area is 130 Å². The molecule has 0 aliphatic carbocycles. The summed E-state index contributed by atoms with van der Waals surface area (Å²) in [5, 5.41) is 9.22. The molecular weight excluding hydrogens is 345 g/mol. The average Bonchev–Trinajstić information content (AvgIpc) is 2.77. The Kier molecular flexibility index (Phi) is 4.56. The maximum atomic E-state index is 12.4. The van der Waals surface area contributed by atoms with E-state index in [1.54, 1.807) is 0 Å². The SMILES string of the molecule is O=C(O)C1(NS(=O)(=O)c2c(Cl)cccc2Cl)CCSC1. The van der Waals surface area contributed by atoms with Crippen LogP contribution in [0, 0.1) is 0 Å². The molecule has 0 bridgehead atoms. The molecule has 0 aromatic heterocycles. The molecule has 1 aromatic carbocycles. The topological polar surface area (TPSA) is 83.5 Å². The Morgan fingerprint density at radius 3 is 2.40 bits per heavy atom. The molecule has 0 saturated carbocycles. The van der Waals surface area contributed by atoms with Gasteiger partial charge >= 0.3 is 5.97 Å². The number of carboxylic acid groups (broad SMARTS) is 1. The van der Waals surface area contributed by atoms with Crippen LogP contribution in [0.15, 0.2) is 23.1 Å². The fraction of sp³-hybridized carbons (Fsp3) is 0.364. The molecule has 1 heterocycles. The molecule has 0 amide bonds. The summed E-state index contributed by atoms with van der Waals surface area (Å²) in [6.45, 7) is 0. The van der Waals surface area contributed by atoms with Crippen LogP contribution < -0.4 is 4.72 Å². The van der Waals surface area contributed by atoms with Gasteiger partial charge in [0.25, 0.3) is 0 Å². The molecule has 1 fully saturated rings. The molecule has 110 valence electrons. The van der Waals surface area contributed by atoms with E-state index in [0.29, 0.717) is 5.75 Å². The smallest absolute Gasteiger partial charge is 0.325 e. The van der Waals surface area contributed by atoms with Crippen molar-refractivity contribution < 1.29 is 18.3 Å². The number of thioether (sulfide) groups is 1. The summed E-state index contributed by atoms with van der Waals surface area (Å²) in [7, 11) is -4.12. The van der Waals surface area contributed by atoms with Crippen LogP contribution in [0.5, 0.6) is 0 Å². The van der Waals surface area contributed by atoms with Gasteiger partial charge in [-0.15, -0.1) is 0 Å². The summed E-state index contributed by atoms with van der Waals surface area (Å²) >= 11 is 13.1. The highest BCUT2D eigenvalue weighted by atomic mass is 35.5. The highest BCUT2D eigenvalue weighted by Crippen LogP contribution is 2.33. The molecule has 2 N–H and O–H groups in total. The summed E-state index contributed by atoms with van der Waals surface area (Å²) in [5.74, 6) is -0.455. The zero-order valence-corrected chi connectivity index (χ0v) is 13.2. The van der Waals surface area contributed by atoms with Gasteiger partial charge in [0.2, 0.25) is 10.0 Å². The molecule has 0 spiro atoms. The summed E-state index contributed by atoms with van der Waals surface area (Å²) in [6.07, 6.45) is 0.217. The van der Waals surface area contributed by atoms with Gasteiger partial charge < -0.3 is 5.11 Å². The Hall–Kier alpha value is -0.470. The number of hydrogen-bond donors (Lipinski definition) is 2. The average molecular weight is 356 g/mol. The third-order valence-electron chi connectivity index (χ3n) is 2.95. The standard InChI is InChI=1S/C11H11Cl2NO4S2/c12-7-2-1-3-8(13)9(7)20(17,18)14-11(10(15)16)4-5-19-6-11/h1-3,14H,4-6H2,(H,15,16). The number of benzene rings is 1. The summed E-state index contributed by atoms with van der Waals surface area (Å²) in [4.78, 5) is 11.1. The molecule has 2 rings (SSSR count). The fourth-order valence-electron chi connectivity index (χ4n) is 1.91. The molecule has 1 aliphatic rings. The van der Waals surface area contributed by atoms with E-state index in [4.69, 9.17) is 23.2 Å². The van der Waals surface area contributed by atoms with E-state index >= 15 is 0 Å². The van der Waals surface area contributed by atoms with Crippen molar-refractivity contribution in [3.05, 3.63) is 28.2 Å². The van der Waals surface area contributed by atoms with Gasteiger partial charge in [-0.25, -0.2) is 8.42 Å². The van der Waals surface area contributed by atoms with Crippen LogP contribution in [0.2, 0.25) is 10.0 Å². The lowest BCUT2D eigenvalue weighted by Crippen LogP contribution is -2.54. The van der Waals surface area contributed by atoms with Crippen molar-refractivity contribution in [2.24, 2.45) is 0 Å². The van der Waals surface area contributed by atoms with Crippen molar-refractivity contribution in [1.82, 2.24) is 4.72 Å². The zero-order chi connectivity index (χ0) is 15.0.